The second-order valence-electron chi connectivity index (χ2n) is 7.21. The molecule has 5 heteroatoms. The lowest BCUT2D eigenvalue weighted by molar-refractivity contribution is -0.134. The molecule has 3 aliphatic rings. The molecule has 5 nitrogen and oxygen atoms in total. The van der Waals surface area contributed by atoms with Crippen LogP contribution >= 0.6 is 0 Å². The number of benzene rings is 1. The van der Waals surface area contributed by atoms with Crippen molar-refractivity contribution in [3.63, 3.8) is 0 Å². The van der Waals surface area contributed by atoms with E-state index < -0.39 is 0 Å². The summed E-state index contributed by atoms with van der Waals surface area (Å²) < 4.78 is 0. The molecule has 0 saturated carbocycles. The Kier molecular flexibility index (Phi) is 4.37. The summed E-state index contributed by atoms with van der Waals surface area (Å²) in [5, 5.41) is 5.90. The van der Waals surface area contributed by atoms with Crippen LogP contribution in [0.5, 0.6) is 0 Å². The molecule has 1 aliphatic carbocycles. The molecular formula is C19H25N3O2. The first kappa shape index (κ1) is 15.8. The molecule has 2 aliphatic heterocycles. The van der Waals surface area contributed by atoms with Crippen molar-refractivity contribution in [1.29, 1.82) is 0 Å². The van der Waals surface area contributed by atoms with Gasteiger partial charge in [-0.2, -0.15) is 0 Å². The molecule has 2 heterocycles. The average molecular weight is 327 g/mol. The lowest BCUT2D eigenvalue weighted by Crippen LogP contribution is -2.50. The summed E-state index contributed by atoms with van der Waals surface area (Å²) in [6.45, 7) is 4.43. The van der Waals surface area contributed by atoms with Gasteiger partial charge in [0.15, 0.2) is 0 Å². The Labute approximate surface area is 142 Å². The zero-order chi connectivity index (χ0) is 16.5. The van der Waals surface area contributed by atoms with Crippen LogP contribution < -0.4 is 10.6 Å². The molecule has 0 radical (unpaired) electrons. The molecule has 4 rings (SSSR count). The van der Waals surface area contributed by atoms with Crippen LogP contribution in [0.15, 0.2) is 18.2 Å². The largest absolute Gasteiger partial charge is 0.314 e. The van der Waals surface area contributed by atoms with Crippen molar-refractivity contribution in [2.45, 2.75) is 44.1 Å². The molecule has 2 fully saturated rings. The molecule has 1 unspecified atom stereocenters. The Morgan fingerprint density at radius 1 is 1.00 bits per heavy atom. The minimum Gasteiger partial charge on any atom is -0.314 e. The summed E-state index contributed by atoms with van der Waals surface area (Å²) in [4.78, 5) is 26.1. The van der Waals surface area contributed by atoms with Crippen LogP contribution in [0, 0.1) is 0 Å². The van der Waals surface area contributed by atoms with E-state index >= 15 is 0 Å². The van der Waals surface area contributed by atoms with Crippen LogP contribution in [-0.2, 0) is 22.4 Å². The standard InChI is InChI=1S/C19H25N3O2/c23-18-6-5-17(19(24)21-18)14-2-1-13-3-4-16(12-15(13)11-14)22-9-7-20-8-10-22/h1-2,11,16-17,20H,3-10,12H2,(H,21,23,24)/t16-,17?/m0/s1. The highest BCUT2D eigenvalue weighted by atomic mass is 16.2. The van der Waals surface area contributed by atoms with Crippen LogP contribution in [0.3, 0.4) is 0 Å². The van der Waals surface area contributed by atoms with Gasteiger partial charge in [0, 0.05) is 38.6 Å². The molecule has 0 spiro atoms. The van der Waals surface area contributed by atoms with E-state index in [-0.39, 0.29) is 17.7 Å². The minimum atomic E-state index is -0.174. The van der Waals surface area contributed by atoms with E-state index in [0.717, 1.165) is 44.6 Å². The molecule has 1 aromatic rings. The third-order valence-electron chi connectivity index (χ3n) is 5.74. The van der Waals surface area contributed by atoms with Gasteiger partial charge in [0.25, 0.3) is 0 Å². The summed E-state index contributed by atoms with van der Waals surface area (Å²) in [6, 6.07) is 7.13. The van der Waals surface area contributed by atoms with Crippen molar-refractivity contribution in [2.24, 2.45) is 0 Å². The number of hydrogen-bond donors (Lipinski definition) is 2. The topological polar surface area (TPSA) is 61.4 Å². The van der Waals surface area contributed by atoms with E-state index in [1.807, 2.05) is 0 Å². The number of fused-ring (bicyclic) bond motifs is 1. The number of carbonyl (C=O) groups excluding carboxylic acids is 2. The predicted octanol–water partition coefficient (Wildman–Crippen LogP) is 0.969. The minimum absolute atomic E-state index is 0.138. The van der Waals surface area contributed by atoms with Crippen molar-refractivity contribution >= 4 is 11.8 Å². The molecule has 2 amide bonds. The number of nitrogens with one attached hydrogen (secondary N) is 2. The fourth-order valence-corrected chi connectivity index (χ4v) is 4.35. The van der Waals surface area contributed by atoms with Crippen molar-refractivity contribution in [1.82, 2.24) is 15.5 Å². The summed E-state index contributed by atoms with van der Waals surface area (Å²) in [7, 11) is 0. The van der Waals surface area contributed by atoms with Crippen LogP contribution in [-0.4, -0.2) is 48.9 Å². The summed E-state index contributed by atoms with van der Waals surface area (Å²) >= 11 is 0. The van der Waals surface area contributed by atoms with Crippen LogP contribution in [0.1, 0.15) is 41.9 Å². The second kappa shape index (κ2) is 6.65. The van der Waals surface area contributed by atoms with E-state index in [9.17, 15) is 9.59 Å². The Bertz CT molecular complexity index is 652. The van der Waals surface area contributed by atoms with E-state index in [4.69, 9.17) is 0 Å². The fraction of sp³-hybridized carbons (Fsp3) is 0.579. The zero-order valence-corrected chi connectivity index (χ0v) is 14.0. The smallest absolute Gasteiger partial charge is 0.234 e. The number of nitrogens with zero attached hydrogens (tertiary/aromatic N) is 1. The normalized spacial score (nSPS) is 28.3. The van der Waals surface area contributed by atoms with E-state index in [0.29, 0.717) is 18.9 Å². The number of imide groups is 1. The molecular weight excluding hydrogens is 302 g/mol. The van der Waals surface area contributed by atoms with Crippen LogP contribution in [0.25, 0.3) is 0 Å². The number of amides is 2. The monoisotopic (exact) mass is 327 g/mol. The molecule has 2 N–H and O–H groups in total. The highest BCUT2D eigenvalue weighted by Gasteiger charge is 2.30. The maximum absolute atomic E-state index is 12.1. The Hall–Kier alpha value is -1.72. The third kappa shape index (κ3) is 3.10. The SMILES string of the molecule is O=C1CCC(c2ccc3c(c2)C[C@@H](N2CCNCC2)CC3)C(=O)N1. The van der Waals surface area contributed by atoms with Gasteiger partial charge in [0.2, 0.25) is 11.8 Å². The molecule has 0 aromatic heterocycles. The molecule has 2 atom stereocenters. The van der Waals surface area contributed by atoms with Gasteiger partial charge >= 0.3 is 0 Å². The predicted molar refractivity (Wildman–Crippen MR) is 91.8 cm³/mol. The van der Waals surface area contributed by atoms with E-state index in [2.05, 4.69) is 33.7 Å². The van der Waals surface area contributed by atoms with E-state index in [1.54, 1.807) is 0 Å². The Morgan fingerprint density at radius 3 is 2.62 bits per heavy atom. The second-order valence-corrected chi connectivity index (χ2v) is 7.21. The van der Waals surface area contributed by atoms with Gasteiger partial charge in [-0.15, -0.1) is 0 Å². The number of rotatable bonds is 2. The quantitative estimate of drug-likeness (QED) is 0.795. The van der Waals surface area contributed by atoms with Gasteiger partial charge in [0.1, 0.15) is 0 Å². The first-order valence-electron chi connectivity index (χ1n) is 9.11. The number of piperazine rings is 1. The van der Waals surface area contributed by atoms with Gasteiger partial charge in [-0.1, -0.05) is 18.2 Å². The Balaban J connectivity index is 1.52. The van der Waals surface area contributed by atoms with E-state index in [1.165, 1.54) is 17.5 Å². The van der Waals surface area contributed by atoms with Gasteiger partial charge in [0.05, 0.1) is 5.92 Å². The molecule has 24 heavy (non-hydrogen) atoms. The number of carbonyl (C=O) groups is 2. The van der Waals surface area contributed by atoms with Crippen LogP contribution in [0.2, 0.25) is 0 Å². The van der Waals surface area contributed by atoms with Gasteiger partial charge in [-0.25, -0.2) is 0 Å². The lowest BCUT2D eigenvalue weighted by Gasteiger charge is -2.38. The van der Waals surface area contributed by atoms with Gasteiger partial charge in [-0.3, -0.25) is 19.8 Å². The van der Waals surface area contributed by atoms with Crippen LogP contribution in [0.4, 0.5) is 0 Å². The number of hydrogen-bond acceptors (Lipinski definition) is 4. The van der Waals surface area contributed by atoms with Gasteiger partial charge < -0.3 is 5.32 Å². The third-order valence-corrected chi connectivity index (χ3v) is 5.74. The molecule has 1 aromatic carbocycles. The first-order valence-corrected chi connectivity index (χ1v) is 9.11. The maximum atomic E-state index is 12.1. The number of piperidine rings is 1. The van der Waals surface area contributed by atoms with Crippen molar-refractivity contribution in [3.05, 3.63) is 34.9 Å². The fourth-order valence-electron chi connectivity index (χ4n) is 4.35. The lowest BCUT2D eigenvalue weighted by atomic mass is 9.83. The highest BCUT2D eigenvalue weighted by molar-refractivity contribution is 6.00. The summed E-state index contributed by atoms with van der Waals surface area (Å²) in [5.74, 6) is -0.457. The van der Waals surface area contributed by atoms with Crippen molar-refractivity contribution < 1.29 is 9.59 Å². The maximum Gasteiger partial charge on any atom is 0.234 e. The number of aryl methyl sites for hydroxylation is 1. The molecule has 2 saturated heterocycles. The molecule has 128 valence electrons. The van der Waals surface area contributed by atoms with Crippen molar-refractivity contribution in [2.75, 3.05) is 26.2 Å². The average Bonchev–Trinajstić information content (AvgIpc) is 2.61. The highest BCUT2D eigenvalue weighted by Crippen LogP contribution is 2.31. The first-order chi connectivity index (χ1) is 11.7. The molecule has 0 bridgehead atoms. The summed E-state index contributed by atoms with van der Waals surface area (Å²) in [6.07, 6.45) is 4.50. The summed E-state index contributed by atoms with van der Waals surface area (Å²) in [5.41, 5.74) is 3.89. The zero-order valence-electron chi connectivity index (χ0n) is 14.0. The van der Waals surface area contributed by atoms with Crippen molar-refractivity contribution in [3.8, 4) is 0 Å². The van der Waals surface area contributed by atoms with Gasteiger partial charge in [-0.05, 0) is 42.4 Å². The Morgan fingerprint density at radius 2 is 1.83 bits per heavy atom.